The molecule has 0 spiro atoms. The van der Waals surface area contributed by atoms with Gasteiger partial charge in [0, 0.05) is 12.6 Å². The summed E-state index contributed by atoms with van der Waals surface area (Å²) in [4.78, 5) is 27.7. The first-order valence-corrected chi connectivity index (χ1v) is 13.0. The van der Waals surface area contributed by atoms with Gasteiger partial charge in [0.1, 0.15) is 18.3 Å². The molecule has 0 fully saturated rings. The summed E-state index contributed by atoms with van der Waals surface area (Å²) in [5.74, 6) is -0.180. The Balaban J connectivity index is 2.44. The van der Waals surface area contributed by atoms with Crippen LogP contribution in [0.2, 0.25) is 0 Å². The molecule has 0 radical (unpaired) electrons. The Morgan fingerprint density at radius 3 is 2.29 bits per heavy atom. The number of rotatable bonds is 10. The Morgan fingerprint density at radius 2 is 1.74 bits per heavy atom. The standard InChI is InChI=1S/C25H35N3O5S/c1-17(2)26-25(30)20(5)27(15-21-9-8-10-22(14-21)33-6)24(29)16-28(34(7,31)32)23-12-11-18(3)13-19(23)4/h8-14,17,20H,15-16H2,1-7H3,(H,26,30)/t20-/m0/s1. The summed E-state index contributed by atoms with van der Waals surface area (Å²) >= 11 is 0. The number of anilines is 1. The molecule has 9 heteroatoms. The number of aryl methyl sites for hydroxylation is 2. The van der Waals surface area contributed by atoms with Gasteiger partial charge in [-0.25, -0.2) is 8.42 Å². The fourth-order valence-electron chi connectivity index (χ4n) is 3.64. The van der Waals surface area contributed by atoms with E-state index in [2.05, 4.69) is 5.32 Å². The zero-order valence-corrected chi connectivity index (χ0v) is 21.8. The van der Waals surface area contributed by atoms with Crippen LogP contribution in [0.1, 0.15) is 37.5 Å². The van der Waals surface area contributed by atoms with E-state index in [1.165, 1.54) is 4.90 Å². The Labute approximate surface area is 202 Å². The van der Waals surface area contributed by atoms with Crippen LogP contribution < -0.4 is 14.4 Å². The number of carbonyl (C=O) groups excluding carboxylic acids is 2. The van der Waals surface area contributed by atoms with E-state index in [9.17, 15) is 18.0 Å². The molecule has 186 valence electrons. The Hall–Kier alpha value is -3.07. The highest BCUT2D eigenvalue weighted by molar-refractivity contribution is 7.92. The maximum absolute atomic E-state index is 13.6. The average molecular weight is 490 g/mol. The Morgan fingerprint density at radius 1 is 1.06 bits per heavy atom. The van der Waals surface area contributed by atoms with Crippen LogP contribution in [0, 0.1) is 13.8 Å². The smallest absolute Gasteiger partial charge is 0.244 e. The average Bonchev–Trinajstić information content (AvgIpc) is 2.74. The van der Waals surface area contributed by atoms with Crippen LogP contribution in [0.4, 0.5) is 5.69 Å². The van der Waals surface area contributed by atoms with Gasteiger partial charge >= 0.3 is 0 Å². The van der Waals surface area contributed by atoms with Gasteiger partial charge < -0.3 is 15.0 Å². The number of carbonyl (C=O) groups is 2. The predicted molar refractivity (Wildman–Crippen MR) is 134 cm³/mol. The monoisotopic (exact) mass is 489 g/mol. The third-order valence-corrected chi connectivity index (χ3v) is 6.51. The molecule has 8 nitrogen and oxygen atoms in total. The van der Waals surface area contributed by atoms with Crippen molar-refractivity contribution in [1.29, 1.82) is 0 Å². The van der Waals surface area contributed by atoms with Gasteiger partial charge in [-0.1, -0.05) is 29.8 Å². The van der Waals surface area contributed by atoms with E-state index in [0.717, 1.165) is 27.3 Å². The molecule has 0 bridgehead atoms. The summed E-state index contributed by atoms with van der Waals surface area (Å²) in [6.45, 7) is 8.72. The summed E-state index contributed by atoms with van der Waals surface area (Å²) in [6, 6.07) is 11.6. The summed E-state index contributed by atoms with van der Waals surface area (Å²) in [7, 11) is -2.21. The van der Waals surface area contributed by atoms with Gasteiger partial charge in [-0.15, -0.1) is 0 Å². The number of benzene rings is 2. The third-order valence-electron chi connectivity index (χ3n) is 5.39. The molecular formula is C25H35N3O5S. The first kappa shape index (κ1) is 27.2. The van der Waals surface area contributed by atoms with Crippen LogP contribution in [-0.2, 0) is 26.2 Å². The lowest BCUT2D eigenvalue weighted by atomic mass is 10.1. The molecule has 0 aromatic heterocycles. The molecule has 0 aliphatic heterocycles. The molecular weight excluding hydrogens is 454 g/mol. The van der Waals surface area contributed by atoms with E-state index < -0.39 is 28.5 Å². The van der Waals surface area contributed by atoms with E-state index in [-0.39, 0.29) is 18.5 Å². The topological polar surface area (TPSA) is 96.0 Å². The van der Waals surface area contributed by atoms with E-state index in [1.54, 1.807) is 51.3 Å². The van der Waals surface area contributed by atoms with E-state index in [4.69, 9.17) is 4.74 Å². The second-order valence-corrected chi connectivity index (χ2v) is 10.7. The van der Waals surface area contributed by atoms with Crippen LogP contribution in [0.5, 0.6) is 5.75 Å². The maximum atomic E-state index is 13.6. The van der Waals surface area contributed by atoms with Crippen LogP contribution in [0.15, 0.2) is 42.5 Å². The first-order valence-electron chi connectivity index (χ1n) is 11.1. The van der Waals surface area contributed by atoms with Crippen molar-refractivity contribution >= 4 is 27.5 Å². The lowest BCUT2D eigenvalue weighted by Crippen LogP contribution is -2.52. The molecule has 0 aliphatic carbocycles. The van der Waals surface area contributed by atoms with Crippen molar-refractivity contribution in [3.8, 4) is 5.75 Å². The highest BCUT2D eigenvalue weighted by atomic mass is 32.2. The van der Waals surface area contributed by atoms with Crippen molar-refractivity contribution in [3.05, 3.63) is 59.2 Å². The minimum Gasteiger partial charge on any atom is -0.497 e. The van der Waals surface area contributed by atoms with Crippen molar-refractivity contribution in [1.82, 2.24) is 10.2 Å². The van der Waals surface area contributed by atoms with Gasteiger partial charge in [-0.3, -0.25) is 13.9 Å². The lowest BCUT2D eigenvalue weighted by molar-refractivity contribution is -0.139. The van der Waals surface area contributed by atoms with Crippen molar-refractivity contribution in [2.24, 2.45) is 0 Å². The second-order valence-electron chi connectivity index (χ2n) is 8.77. The zero-order chi connectivity index (χ0) is 25.6. The number of nitrogens with zero attached hydrogens (tertiary/aromatic N) is 2. The summed E-state index contributed by atoms with van der Waals surface area (Å²) in [5.41, 5.74) is 2.92. The third kappa shape index (κ3) is 7.21. The van der Waals surface area contributed by atoms with Gasteiger partial charge in [-0.2, -0.15) is 0 Å². The molecule has 2 amide bonds. The number of hydrogen-bond acceptors (Lipinski definition) is 5. The van der Waals surface area contributed by atoms with Crippen LogP contribution >= 0.6 is 0 Å². The van der Waals surface area contributed by atoms with Gasteiger partial charge in [0.05, 0.1) is 19.1 Å². The predicted octanol–water partition coefficient (Wildman–Crippen LogP) is 3.02. The highest BCUT2D eigenvalue weighted by Gasteiger charge is 2.30. The zero-order valence-electron chi connectivity index (χ0n) is 21.0. The van der Waals surface area contributed by atoms with Crippen LogP contribution in [-0.4, -0.2) is 57.1 Å². The SMILES string of the molecule is COc1cccc(CN(C(=O)CN(c2ccc(C)cc2C)S(C)(=O)=O)[C@@H](C)C(=O)NC(C)C)c1. The maximum Gasteiger partial charge on any atom is 0.244 e. The fourth-order valence-corrected chi connectivity index (χ4v) is 4.54. The summed E-state index contributed by atoms with van der Waals surface area (Å²) < 4.78 is 31.7. The normalized spacial score (nSPS) is 12.2. The van der Waals surface area contributed by atoms with Crippen LogP contribution in [0.3, 0.4) is 0 Å². The van der Waals surface area contributed by atoms with E-state index in [0.29, 0.717) is 11.4 Å². The van der Waals surface area contributed by atoms with Crippen molar-refractivity contribution in [3.63, 3.8) is 0 Å². The molecule has 0 saturated heterocycles. The van der Waals surface area contributed by atoms with Gasteiger partial charge in [0.15, 0.2) is 0 Å². The van der Waals surface area contributed by atoms with Gasteiger partial charge in [0.25, 0.3) is 0 Å². The minimum absolute atomic E-state index is 0.105. The van der Waals surface area contributed by atoms with Crippen molar-refractivity contribution < 1.29 is 22.7 Å². The largest absolute Gasteiger partial charge is 0.497 e. The molecule has 0 unspecified atom stereocenters. The molecule has 0 saturated carbocycles. The molecule has 1 atom stereocenters. The molecule has 2 aromatic carbocycles. The second kappa shape index (κ2) is 11.4. The number of ether oxygens (including phenoxy) is 1. The van der Waals surface area contributed by atoms with Gasteiger partial charge in [-0.05, 0) is 63.9 Å². The molecule has 0 aliphatic rings. The van der Waals surface area contributed by atoms with Crippen LogP contribution in [0.25, 0.3) is 0 Å². The number of methoxy groups -OCH3 is 1. The van der Waals surface area contributed by atoms with Gasteiger partial charge in [0.2, 0.25) is 21.8 Å². The fraction of sp³-hybridized carbons (Fsp3) is 0.440. The molecule has 2 rings (SSSR count). The van der Waals surface area contributed by atoms with Crippen molar-refractivity contribution in [2.45, 2.75) is 53.2 Å². The number of nitrogens with one attached hydrogen (secondary N) is 1. The minimum atomic E-state index is -3.77. The number of sulfonamides is 1. The first-order chi connectivity index (χ1) is 15.8. The Kier molecular flexibility index (Phi) is 9.09. The van der Waals surface area contributed by atoms with Crippen molar-refractivity contribution in [2.75, 3.05) is 24.2 Å². The lowest BCUT2D eigenvalue weighted by Gasteiger charge is -2.32. The van der Waals surface area contributed by atoms with E-state index >= 15 is 0 Å². The summed E-state index contributed by atoms with van der Waals surface area (Å²) in [6.07, 6.45) is 1.07. The summed E-state index contributed by atoms with van der Waals surface area (Å²) in [5, 5.41) is 2.83. The molecule has 2 aromatic rings. The Bertz CT molecular complexity index is 1130. The molecule has 0 heterocycles. The highest BCUT2D eigenvalue weighted by Crippen LogP contribution is 2.24. The number of amides is 2. The molecule has 1 N–H and O–H groups in total. The number of hydrogen-bond donors (Lipinski definition) is 1. The quantitative estimate of drug-likeness (QED) is 0.554. The van der Waals surface area contributed by atoms with E-state index in [1.807, 2.05) is 32.9 Å². The molecule has 34 heavy (non-hydrogen) atoms.